The molecule has 0 aromatic heterocycles. The molecule has 0 aliphatic carbocycles. The van der Waals surface area contributed by atoms with Crippen molar-refractivity contribution >= 4 is 52.5 Å². The van der Waals surface area contributed by atoms with Crippen LogP contribution in [0.15, 0.2) is 29.2 Å². The summed E-state index contributed by atoms with van der Waals surface area (Å²) < 4.78 is 0.256. The van der Waals surface area contributed by atoms with Gasteiger partial charge in [0, 0.05) is 5.56 Å². The van der Waals surface area contributed by atoms with Gasteiger partial charge >= 0.3 is 5.97 Å². The third kappa shape index (κ3) is 3.86. The summed E-state index contributed by atoms with van der Waals surface area (Å²) in [6.45, 7) is 1.86. The zero-order chi connectivity index (χ0) is 17.0. The maximum absolute atomic E-state index is 12.5. The van der Waals surface area contributed by atoms with Crippen molar-refractivity contribution in [2.75, 3.05) is 0 Å². The molecule has 23 heavy (non-hydrogen) atoms. The number of aldehydes is 1. The molecule has 1 N–H and O–H groups in total. The van der Waals surface area contributed by atoms with Crippen LogP contribution in [0.5, 0.6) is 0 Å². The molecule has 1 fully saturated rings. The molecule has 5 nitrogen and oxygen atoms in total. The minimum atomic E-state index is -1.06. The molecule has 1 unspecified atom stereocenters. The van der Waals surface area contributed by atoms with Crippen LogP contribution >= 0.6 is 24.0 Å². The zero-order valence-electron chi connectivity index (χ0n) is 12.4. The van der Waals surface area contributed by atoms with E-state index in [4.69, 9.17) is 12.2 Å². The van der Waals surface area contributed by atoms with E-state index in [9.17, 15) is 19.5 Å². The molecule has 0 saturated carbocycles. The van der Waals surface area contributed by atoms with Gasteiger partial charge in [-0.15, -0.1) is 0 Å². The summed E-state index contributed by atoms with van der Waals surface area (Å²) in [4.78, 5) is 36.1. The summed E-state index contributed by atoms with van der Waals surface area (Å²) in [5.41, 5.74) is 1.29. The molecule has 1 aromatic carbocycles. The first kappa shape index (κ1) is 17.4. The second-order valence-corrected chi connectivity index (χ2v) is 6.65. The van der Waals surface area contributed by atoms with Gasteiger partial charge in [0.05, 0.1) is 4.91 Å². The SMILES string of the molecule is CCCC(C(=O)O)N1C(=O)/C(=C/c2ccc(C=O)cc2)SC1=S. The minimum Gasteiger partial charge on any atom is -0.480 e. The molecule has 0 spiro atoms. The Bertz CT molecular complexity index is 682. The highest BCUT2D eigenvalue weighted by Gasteiger charge is 2.39. The van der Waals surface area contributed by atoms with Crippen molar-refractivity contribution in [3.63, 3.8) is 0 Å². The lowest BCUT2D eigenvalue weighted by Crippen LogP contribution is -2.43. The first-order valence-corrected chi connectivity index (χ1v) is 8.25. The lowest BCUT2D eigenvalue weighted by molar-refractivity contribution is -0.145. The van der Waals surface area contributed by atoms with E-state index in [1.165, 1.54) is 4.90 Å². The number of carboxylic acid groups (broad SMARTS) is 1. The lowest BCUT2D eigenvalue weighted by Gasteiger charge is -2.22. The summed E-state index contributed by atoms with van der Waals surface area (Å²) in [5, 5.41) is 9.32. The molecule has 1 heterocycles. The largest absolute Gasteiger partial charge is 0.480 e. The number of hydrogen-bond acceptors (Lipinski definition) is 5. The van der Waals surface area contributed by atoms with E-state index in [0.717, 1.165) is 23.6 Å². The monoisotopic (exact) mass is 349 g/mol. The fourth-order valence-corrected chi connectivity index (χ4v) is 3.56. The van der Waals surface area contributed by atoms with Gasteiger partial charge in [0.15, 0.2) is 0 Å². The van der Waals surface area contributed by atoms with Gasteiger partial charge in [-0.25, -0.2) is 4.79 Å². The van der Waals surface area contributed by atoms with Crippen LogP contribution in [0.25, 0.3) is 6.08 Å². The van der Waals surface area contributed by atoms with Crippen LogP contribution in [-0.2, 0) is 9.59 Å². The van der Waals surface area contributed by atoms with Crippen molar-refractivity contribution in [1.82, 2.24) is 4.90 Å². The second-order valence-electron chi connectivity index (χ2n) is 4.98. The summed E-state index contributed by atoms with van der Waals surface area (Å²) in [7, 11) is 0. The number of thioether (sulfide) groups is 1. The van der Waals surface area contributed by atoms with Gasteiger partial charge in [-0.05, 0) is 18.1 Å². The number of carbonyl (C=O) groups is 3. The quantitative estimate of drug-likeness (QED) is 0.483. The van der Waals surface area contributed by atoms with Crippen molar-refractivity contribution in [2.45, 2.75) is 25.8 Å². The van der Waals surface area contributed by atoms with E-state index in [0.29, 0.717) is 23.3 Å². The second kappa shape index (κ2) is 7.52. The summed E-state index contributed by atoms with van der Waals surface area (Å²) in [6.07, 6.45) is 3.38. The predicted octanol–water partition coefficient (Wildman–Crippen LogP) is 2.95. The average molecular weight is 349 g/mol. The van der Waals surface area contributed by atoms with E-state index in [1.54, 1.807) is 30.3 Å². The maximum atomic E-state index is 12.5. The van der Waals surface area contributed by atoms with E-state index in [-0.39, 0.29) is 10.2 Å². The van der Waals surface area contributed by atoms with Crippen molar-refractivity contribution in [1.29, 1.82) is 0 Å². The number of nitrogens with zero attached hydrogens (tertiary/aromatic N) is 1. The Hall–Kier alpha value is -1.99. The first-order valence-electron chi connectivity index (χ1n) is 7.03. The van der Waals surface area contributed by atoms with Crippen LogP contribution in [0.1, 0.15) is 35.7 Å². The Morgan fingerprint density at radius 2 is 1.96 bits per heavy atom. The fraction of sp³-hybridized carbons (Fsp3) is 0.250. The van der Waals surface area contributed by atoms with Gasteiger partial charge in [0.2, 0.25) is 0 Å². The summed E-state index contributed by atoms with van der Waals surface area (Å²) in [5.74, 6) is -1.44. The van der Waals surface area contributed by atoms with Gasteiger partial charge < -0.3 is 5.11 Å². The molecule has 7 heteroatoms. The highest BCUT2D eigenvalue weighted by atomic mass is 32.2. The van der Waals surface area contributed by atoms with Gasteiger partial charge in [-0.2, -0.15) is 0 Å². The Balaban J connectivity index is 2.27. The Morgan fingerprint density at radius 3 is 2.48 bits per heavy atom. The van der Waals surface area contributed by atoms with Crippen LogP contribution in [0.4, 0.5) is 0 Å². The molecule has 1 aliphatic rings. The molecule has 1 atom stereocenters. The van der Waals surface area contributed by atoms with Crippen molar-refractivity contribution < 1.29 is 19.5 Å². The number of benzene rings is 1. The lowest BCUT2D eigenvalue weighted by atomic mass is 10.1. The number of thiocarbonyl (C=S) groups is 1. The molecule has 0 bridgehead atoms. The van der Waals surface area contributed by atoms with Crippen molar-refractivity contribution in [3.05, 3.63) is 40.3 Å². The zero-order valence-corrected chi connectivity index (χ0v) is 14.0. The van der Waals surface area contributed by atoms with Crippen LogP contribution in [0.2, 0.25) is 0 Å². The molecule has 1 aliphatic heterocycles. The van der Waals surface area contributed by atoms with Crippen LogP contribution in [0.3, 0.4) is 0 Å². The fourth-order valence-electron chi connectivity index (χ4n) is 2.21. The molecule has 1 saturated heterocycles. The number of amides is 1. The standard InChI is InChI=1S/C16H15NO4S2/c1-2-3-12(15(20)21)17-14(19)13(23-16(17)22)8-10-4-6-11(9-18)7-5-10/h4-9,12H,2-3H2,1H3,(H,20,21)/b13-8-. The molecular formula is C16H15NO4S2. The van der Waals surface area contributed by atoms with Gasteiger partial charge in [-0.1, -0.05) is 61.6 Å². The molecular weight excluding hydrogens is 334 g/mol. The Kier molecular flexibility index (Phi) is 5.68. The molecule has 1 amide bonds. The smallest absolute Gasteiger partial charge is 0.326 e. The van der Waals surface area contributed by atoms with Gasteiger partial charge in [0.25, 0.3) is 5.91 Å². The van der Waals surface area contributed by atoms with Crippen LogP contribution in [0, 0.1) is 0 Å². The van der Waals surface area contributed by atoms with E-state index < -0.39 is 12.0 Å². The van der Waals surface area contributed by atoms with E-state index in [1.807, 2.05) is 6.92 Å². The molecule has 2 rings (SSSR count). The topological polar surface area (TPSA) is 74.7 Å². The number of aliphatic carboxylic acids is 1. The number of hydrogen-bond donors (Lipinski definition) is 1. The van der Waals surface area contributed by atoms with Crippen molar-refractivity contribution in [3.8, 4) is 0 Å². The number of rotatable bonds is 6. The number of carbonyl (C=O) groups excluding carboxylic acids is 2. The average Bonchev–Trinajstić information content (AvgIpc) is 2.80. The predicted molar refractivity (Wildman–Crippen MR) is 93.2 cm³/mol. The highest BCUT2D eigenvalue weighted by molar-refractivity contribution is 8.26. The molecule has 1 aromatic rings. The van der Waals surface area contributed by atoms with Crippen LogP contribution < -0.4 is 0 Å². The molecule has 120 valence electrons. The van der Waals surface area contributed by atoms with Gasteiger partial charge in [-0.3, -0.25) is 14.5 Å². The highest BCUT2D eigenvalue weighted by Crippen LogP contribution is 2.34. The van der Waals surface area contributed by atoms with E-state index in [2.05, 4.69) is 0 Å². The summed E-state index contributed by atoms with van der Waals surface area (Å²) in [6, 6.07) is 5.80. The summed E-state index contributed by atoms with van der Waals surface area (Å²) >= 11 is 6.27. The van der Waals surface area contributed by atoms with Crippen LogP contribution in [-0.4, -0.2) is 38.5 Å². The normalized spacial score (nSPS) is 17.6. The number of carboxylic acids is 1. The third-order valence-electron chi connectivity index (χ3n) is 3.35. The first-order chi connectivity index (χ1) is 11.0. The van der Waals surface area contributed by atoms with E-state index >= 15 is 0 Å². The van der Waals surface area contributed by atoms with Gasteiger partial charge in [0.1, 0.15) is 16.6 Å². The maximum Gasteiger partial charge on any atom is 0.326 e. The van der Waals surface area contributed by atoms with Crippen molar-refractivity contribution in [2.24, 2.45) is 0 Å². The Morgan fingerprint density at radius 1 is 1.35 bits per heavy atom. The molecule has 0 radical (unpaired) electrons. The third-order valence-corrected chi connectivity index (χ3v) is 4.68. The minimum absolute atomic E-state index is 0.256. The Labute approximate surface area is 143 Å².